The highest BCUT2D eigenvalue weighted by atomic mass is 16.1. The van der Waals surface area contributed by atoms with Crippen molar-refractivity contribution in [2.24, 2.45) is 0 Å². The summed E-state index contributed by atoms with van der Waals surface area (Å²) in [5.74, 6) is 0.342. The molecule has 18 heavy (non-hydrogen) atoms. The van der Waals surface area contributed by atoms with Gasteiger partial charge in [0.05, 0.1) is 0 Å². The zero-order chi connectivity index (χ0) is 13.0. The van der Waals surface area contributed by atoms with Gasteiger partial charge in [0.15, 0.2) is 5.82 Å². The Hall–Kier alpha value is -2.36. The minimum Gasteiger partial charge on any atom is -0.306 e. The Morgan fingerprint density at radius 1 is 1.33 bits per heavy atom. The van der Waals surface area contributed by atoms with Gasteiger partial charge in [-0.25, -0.2) is 0 Å². The summed E-state index contributed by atoms with van der Waals surface area (Å²) in [7, 11) is 0. The molecular weight excluding hydrogens is 226 g/mol. The molecule has 2 rings (SSSR count). The van der Waals surface area contributed by atoms with Crippen LogP contribution in [0.25, 0.3) is 6.08 Å². The average molecular weight is 241 g/mol. The maximum Gasteiger partial charge on any atom is 0.249 e. The van der Waals surface area contributed by atoms with Crippen molar-refractivity contribution >= 4 is 17.8 Å². The number of carbonyl (C=O) groups excluding carboxylic acids is 1. The number of hydrogen-bond donors (Lipinski definition) is 2. The SMILES string of the molecule is Cc1cccc(C=CC(=O)Nc2cc(C)[nH]n2)c1. The van der Waals surface area contributed by atoms with Gasteiger partial charge in [-0.15, -0.1) is 0 Å². The summed E-state index contributed by atoms with van der Waals surface area (Å²) in [6.45, 7) is 3.90. The minimum absolute atomic E-state index is 0.192. The molecule has 0 spiro atoms. The highest BCUT2D eigenvalue weighted by Gasteiger charge is 2.00. The fraction of sp³-hybridized carbons (Fsp3) is 0.143. The second kappa shape index (κ2) is 5.31. The highest BCUT2D eigenvalue weighted by molar-refractivity contribution is 6.01. The number of aromatic amines is 1. The van der Waals surface area contributed by atoms with Gasteiger partial charge in [-0.2, -0.15) is 5.10 Å². The molecular formula is C14H15N3O. The van der Waals surface area contributed by atoms with Crippen LogP contribution in [0.4, 0.5) is 5.82 Å². The van der Waals surface area contributed by atoms with Crippen LogP contribution in [0.5, 0.6) is 0 Å². The maximum absolute atomic E-state index is 11.6. The average Bonchev–Trinajstić information content (AvgIpc) is 2.72. The predicted octanol–water partition coefficient (Wildman–Crippen LogP) is 2.68. The van der Waals surface area contributed by atoms with Gasteiger partial charge in [-0.1, -0.05) is 29.8 Å². The normalized spacial score (nSPS) is 10.8. The van der Waals surface area contributed by atoms with Crippen LogP contribution in [0.2, 0.25) is 0 Å². The molecule has 0 bridgehead atoms. The Morgan fingerprint density at radius 2 is 2.17 bits per heavy atom. The second-order valence-corrected chi connectivity index (χ2v) is 4.17. The lowest BCUT2D eigenvalue weighted by molar-refractivity contribution is -0.111. The molecule has 0 aliphatic carbocycles. The van der Waals surface area contributed by atoms with E-state index in [0.717, 1.165) is 11.3 Å². The number of rotatable bonds is 3. The van der Waals surface area contributed by atoms with E-state index in [-0.39, 0.29) is 5.91 Å². The molecule has 0 aliphatic heterocycles. The number of hydrogen-bond acceptors (Lipinski definition) is 2. The van der Waals surface area contributed by atoms with E-state index in [1.807, 2.05) is 38.1 Å². The predicted molar refractivity (Wildman–Crippen MR) is 72.2 cm³/mol. The fourth-order valence-electron chi connectivity index (χ4n) is 1.60. The van der Waals surface area contributed by atoms with Crippen molar-refractivity contribution < 1.29 is 4.79 Å². The lowest BCUT2D eigenvalue weighted by Crippen LogP contribution is -2.07. The molecule has 4 heteroatoms. The van der Waals surface area contributed by atoms with E-state index >= 15 is 0 Å². The Morgan fingerprint density at radius 3 is 2.83 bits per heavy atom. The number of nitrogens with zero attached hydrogens (tertiary/aromatic N) is 1. The third-order valence-corrected chi connectivity index (χ3v) is 2.43. The van der Waals surface area contributed by atoms with Crippen LogP contribution >= 0.6 is 0 Å². The molecule has 1 aromatic heterocycles. The van der Waals surface area contributed by atoms with Gasteiger partial charge in [-0.05, 0) is 25.5 Å². The van der Waals surface area contributed by atoms with Crippen LogP contribution in [-0.2, 0) is 4.79 Å². The molecule has 0 atom stereocenters. The molecule has 1 heterocycles. The van der Waals surface area contributed by atoms with Gasteiger partial charge >= 0.3 is 0 Å². The van der Waals surface area contributed by atoms with Gasteiger partial charge in [0, 0.05) is 17.8 Å². The van der Waals surface area contributed by atoms with E-state index in [2.05, 4.69) is 15.5 Å². The molecule has 1 aromatic carbocycles. The topological polar surface area (TPSA) is 57.8 Å². The summed E-state index contributed by atoms with van der Waals surface area (Å²) in [5.41, 5.74) is 3.08. The quantitative estimate of drug-likeness (QED) is 0.812. The molecule has 0 fully saturated rings. The number of aromatic nitrogens is 2. The van der Waals surface area contributed by atoms with Crippen molar-refractivity contribution in [1.82, 2.24) is 10.2 Å². The third kappa shape index (κ3) is 3.31. The first-order valence-electron chi connectivity index (χ1n) is 5.71. The molecule has 0 aliphatic rings. The zero-order valence-corrected chi connectivity index (χ0v) is 10.4. The lowest BCUT2D eigenvalue weighted by Gasteiger charge is -1.97. The molecule has 0 unspecified atom stereocenters. The standard InChI is InChI=1S/C14H15N3O/c1-10-4-3-5-12(8-10)6-7-14(18)15-13-9-11(2)16-17-13/h3-9H,1-2H3,(H2,15,16,17,18). The van der Waals surface area contributed by atoms with Gasteiger partial charge in [0.25, 0.3) is 0 Å². The summed E-state index contributed by atoms with van der Waals surface area (Å²) in [6.07, 6.45) is 3.28. The summed E-state index contributed by atoms with van der Waals surface area (Å²) in [5, 5.41) is 9.38. The maximum atomic E-state index is 11.6. The van der Waals surface area contributed by atoms with E-state index in [0.29, 0.717) is 5.82 Å². The molecule has 2 N–H and O–H groups in total. The molecule has 0 saturated carbocycles. The van der Waals surface area contributed by atoms with Crippen LogP contribution in [-0.4, -0.2) is 16.1 Å². The number of carbonyl (C=O) groups is 1. The van der Waals surface area contributed by atoms with E-state index in [1.165, 1.54) is 11.6 Å². The number of benzene rings is 1. The molecule has 0 radical (unpaired) electrons. The summed E-state index contributed by atoms with van der Waals surface area (Å²) < 4.78 is 0. The number of nitrogens with one attached hydrogen (secondary N) is 2. The summed E-state index contributed by atoms with van der Waals surface area (Å²) >= 11 is 0. The highest BCUT2D eigenvalue weighted by Crippen LogP contribution is 2.07. The van der Waals surface area contributed by atoms with Crippen molar-refractivity contribution in [3.05, 3.63) is 53.2 Å². The van der Waals surface area contributed by atoms with Gasteiger partial charge in [0.1, 0.15) is 0 Å². The molecule has 1 amide bonds. The summed E-state index contributed by atoms with van der Waals surface area (Å²) in [6, 6.07) is 9.73. The number of H-pyrrole nitrogens is 1. The second-order valence-electron chi connectivity index (χ2n) is 4.17. The van der Waals surface area contributed by atoms with E-state index in [9.17, 15) is 4.79 Å². The van der Waals surface area contributed by atoms with Crippen molar-refractivity contribution in [2.45, 2.75) is 13.8 Å². The fourth-order valence-corrected chi connectivity index (χ4v) is 1.60. The first kappa shape index (κ1) is 12.1. The largest absolute Gasteiger partial charge is 0.306 e. The Labute approximate surface area is 106 Å². The van der Waals surface area contributed by atoms with Crippen molar-refractivity contribution in [3.8, 4) is 0 Å². The van der Waals surface area contributed by atoms with Crippen molar-refractivity contribution in [2.75, 3.05) is 5.32 Å². The van der Waals surface area contributed by atoms with Crippen LogP contribution in [0, 0.1) is 13.8 Å². The first-order chi connectivity index (χ1) is 8.63. The van der Waals surface area contributed by atoms with Crippen LogP contribution in [0.3, 0.4) is 0 Å². The van der Waals surface area contributed by atoms with Gasteiger partial charge in [-0.3, -0.25) is 9.89 Å². The first-order valence-corrected chi connectivity index (χ1v) is 5.71. The Balaban J connectivity index is 1.99. The molecule has 2 aromatic rings. The van der Waals surface area contributed by atoms with Crippen LogP contribution in [0.15, 0.2) is 36.4 Å². The molecule has 4 nitrogen and oxygen atoms in total. The van der Waals surface area contributed by atoms with Crippen LogP contribution < -0.4 is 5.32 Å². The summed E-state index contributed by atoms with van der Waals surface area (Å²) in [4.78, 5) is 11.6. The minimum atomic E-state index is -0.192. The Bertz CT molecular complexity index is 584. The lowest BCUT2D eigenvalue weighted by atomic mass is 10.1. The van der Waals surface area contributed by atoms with Crippen LogP contribution in [0.1, 0.15) is 16.8 Å². The van der Waals surface area contributed by atoms with Crippen molar-refractivity contribution in [1.29, 1.82) is 0 Å². The molecule has 0 saturated heterocycles. The van der Waals surface area contributed by atoms with E-state index < -0.39 is 0 Å². The monoisotopic (exact) mass is 241 g/mol. The van der Waals surface area contributed by atoms with Gasteiger partial charge < -0.3 is 5.32 Å². The number of amides is 1. The number of anilines is 1. The Kier molecular flexibility index (Phi) is 3.57. The number of aryl methyl sites for hydroxylation is 2. The van der Waals surface area contributed by atoms with Crippen molar-refractivity contribution in [3.63, 3.8) is 0 Å². The van der Waals surface area contributed by atoms with E-state index in [1.54, 1.807) is 12.1 Å². The zero-order valence-electron chi connectivity index (χ0n) is 10.4. The van der Waals surface area contributed by atoms with Gasteiger partial charge in [0.2, 0.25) is 5.91 Å². The third-order valence-electron chi connectivity index (χ3n) is 2.43. The van der Waals surface area contributed by atoms with E-state index in [4.69, 9.17) is 0 Å². The smallest absolute Gasteiger partial charge is 0.249 e. The molecule has 92 valence electrons.